The first kappa shape index (κ1) is 20.0. The van der Waals surface area contributed by atoms with Crippen molar-refractivity contribution >= 4 is 5.91 Å². The second kappa shape index (κ2) is 8.58. The third-order valence-electron chi connectivity index (χ3n) is 6.71. The van der Waals surface area contributed by atoms with Gasteiger partial charge in [0.05, 0.1) is 7.11 Å². The van der Waals surface area contributed by atoms with Crippen LogP contribution in [0.25, 0.3) is 0 Å². The van der Waals surface area contributed by atoms with E-state index in [1.807, 2.05) is 12.1 Å². The van der Waals surface area contributed by atoms with Gasteiger partial charge in [-0.1, -0.05) is 42.0 Å². The zero-order valence-corrected chi connectivity index (χ0v) is 17.7. The standard InChI is InChI=1S/C25H32N2O2/c1-20-4-6-22(7-5-20)19-27-24(28)12-14-25(27)13-3-16-26(17-15-25)18-21-8-10-23(29-2)11-9-21/h4-11H,3,12-19H2,1-2H3/t25-/m1/s1. The van der Waals surface area contributed by atoms with E-state index in [0.717, 1.165) is 57.6 Å². The van der Waals surface area contributed by atoms with E-state index < -0.39 is 0 Å². The van der Waals surface area contributed by atoms with Gasteiger partial charge in [-0.25, -0.2) is 0 Å². The summed E-state index contributed by atoms with van der Waals surface area (Å²) in [5, 5.41) is 0. The lowest BCUT2D eigenvalue weighted by Crippen LogP contribution is -2.45. The maximum atomic E-state index is 12.8. The molecule has 29 heavy (non-hydrogen) atoms. The highest BCUT2D eigenvalue weighted by Gasteiger charge is 2.45. The first-order valence-corrected chi connectivity index (χ1v) is 10.8. The Balaban J connectivity index is 1.43. The number of ether oxygens (including phenoxy) is 1. The molecule has 2 heterocycles. The van der Waals surface area contributed by atoms with E-state index in [0.29, 0.717) is 12.3 Å². The Morgan fingerprint density at radius 1 is 0.897 bits per heavy atom. The molecule has 2 saturated heterocycles. The van der Waals surface area contributed by atoms with Crippen LogP contribution in [0, 0.1) is 6.92 Å². The molecule has 0 bridgehead atoms. The molecule has 2 aromatic carbocycles. The molecule has 154 valence electrons. The lowest BCUT2D eigenvalue weighted by molar-refractivity contribution is -0.132. The number of nitrogens with zero attached hydrogens (tertiary/aromatic N) is 2. The number of amides is 1. The summed E-state index contributed by atoms with van der Waals surface area (Å²) in [5.41, 5.74) is 3.86. The second-order valence-electron chi connectivity index (χ2n) is 8.67. The molecule has 4 heteroatoms. The van der Waals surface area contributed by atoms with Gasteiger partial charge >= 0.3 is 0 Å². The van der Waals surface area contributed by atoms with Gasteiger partial charge in [-0.15, -0.1) is 0 Å². The van der Waals surface area contributed by atoms with E-state index in [4.69, 9.17) is 4.74 Å². The molecule has 0 N–H and O–H groups in total. The van der Waals surface area contributed by atoms with Gasteiger partial charge in [0, 0.05) is 31.6 Å². The van der Waals surface area contributed by atoms with Gasteiger partial charge < -0.3 is 9.64 Å². The van der Waals surface area contributed by atoms with Gasteiger partial charge in [0.15, 0.2) is 0 Å². The van der Waals surface area contributed by atoms with E-state index in [9.17, 15) is 4.79 Å². The Morgan fingerprint density at radius 2 is 1.59 bits per heavy atom. The summed E-state index contributed by atoms with van der Waals surface area (Å²) < 4.78 is 5.27. The van der Waals surface area contributed by atoms with E-state index in [2.05, 4.69) is 53.1 Å². The highest BCUT2D eigenvalue weighted by Crippen LogP contribution is 2.40. The van der Waals surface area contributed by atoms with Crippen LogP contribution in [0.5, 0.6) is 5.75 Å². The molecule has 0 saturated carbocycles. The molecule has 1 amide bonds. The van der Waals surface area contributed by atoms with Crippen molar-refractivity contribution in [1.29, 1.82) is 0 Å². The predicted octanol–water partition coefficient (Wildman–Crippen LogP) is 4.55. The molecule has 1 atom stereocenters. The van der Waals surface area contributed by atoms with Crippen LogP contribution in [-0.2, 0) is 17.9 Å². The summed E-state index contributed by atoms with van der Waals surface area (Å²) in [6, 6.07) is 17.0. The molecule has 0 unspecified atom stereocenters. The molecule has 2 aromatic rings. The lowest BCUT2D eigenvalue weighted by Gasteiger charge is -2.38. The molecule has 0 aromatic heterocycles. The molecular weight excluding hydrogens is 360 g/mol. The van der Waals surface area contributed by atoms with Crippen molar-refractivity contribution in [2.75, 3.05) is 20.2 Å². The SMILES string of the molecule is COc1ccc(CN2CCC[C@@]3(CCC(=O)N3Cc3ccc(C)cc3)CC2)cc1. The van der Waals surface area contributed by atoms with Crippen molar-refractivity contribution in [1.82, 2.24) is 9.80 Å². The minimum atomic E-state index is 0.0383. The van der Waals surface area contributed by atoms with Crippen molar-refractivity contribution in [3.63, 3.8) is 0 Å². The highest BCUT2D eigenvalue weighted by atomic mass is 16.5. The van der Waals surface area contributed by atoms with Crippen molar-refractivity contribution in [2.45, 2.75) is 57.7 Å². The summed E-state index contributed by atoms with van der Waals surface area (Å²) in [5.74, 6) is 1.23. The number of hydrogen-bond donors (Lipinski definition) is 0. The summed E-state index contributed by atoms with van der Waals surface area (Å²) >= 11 is 0. The van der Waals surface area contributed by atoms with Gasteiger partial charge in [0.25, 0.3) is 0 Å². The van der Waals surface area contributed by atoms with E-state index in [-0.39, 0.29) is 5.54 Å². The van der Waals surface area contributed by atoms with Crippen LogP contribution >= 0.6 is 0 Å². The average Bonchev–Trinajstić information content (AvgIpc) is 2.90. The van der Waals surface area contributed by atoms with Crippen molar-refractivity contribution in [3.05, 3.63) is 65.2 Å². The van der Waals surface area contributed by atoms with Crippen LogP contribution in [0.4, 0.5) is 0 Å². The summed E-state index contributed by atoms with van der Waals surface area (Å²) in [6.07, 6.45) is 5.04. The Bertz CT molecular complexity index is 831. The number of benzene rings is 2. The van der Waals surface area contributed by atoms with Crippen LogP contribution in [0.3, 0.4) is 0 Å². The maximum Gasteiger partial charge on any atom is 0.223 e. The molecule has 4 rings (SSSR count). The minimum Gasteiger partial charge on any atom is -0.497 e. The number of carbonyl (C=O) groups excluding carboxylic acids is 1. The van der Waals surface area contributed by atoms with Crippen LogP contribution in [0.1, 0.15) is 48.8 Å². The summed E-state index contributed by atoms with van der Waals surface area (Å²) in [4.78, 5) is 17.5. The number of methoxy groups -OCH3 is 1. The molecule has 0 radical (unpaired) electrons. The number of aryl methyl sites for hydroxylation is 1. The maximum absolute atomic E-state index is 12.8. The van der Waals surface area contributed by atoms with Gasteiger partial charge in [0.2, 0.25) is 5.91 Å². The zero-order valence-electron chi connectivity index (χ0n) is 17.7. The van der Waals surface area contributed by atoms with E-state index >= 15 is 0 Å². The molecule has 2 aliphatic rings. The Kier molecular flexibility index (Phi) is 5.91. The third kappa shape index (κ3) is 4.48. The molecule has 4 nitrogen and oxygen atoms in total. The first-order valence-electron chi connectivity index (χ1n) is 10.8. The summed E-state index contributed by atoms with van der Waals surface area (Å²) in [7, 11) is 1.70. The topological polar surface area (TPSA) is 32.8 Å². The largest absolute Gasteiger partial charge is 0.497 e. The predicted molar refractivity (Wildman–Crippen MR) is 116 cm³/mol. The van der Waals surface area contributed by atoms with Crippen LogP contribution in [0.15, 0.2) is 48.5 Å². The molecule has 2 aliphatic heterocycles. The molecule has 2 fully saturated rings. The molecule has 0 aliphatic carbocycles. The van der Waals surface area contributed by atoms with Gasteiger partial charge in [-0.3, -0.25) is 9.69 Å². The minimum absolute atomic E-state index is 0.0383. The molecule has 1 spiro atoms. The average molecular weight is 393 g/mol. The number of carbonyl (C=O) groups is 1. The fraction of sp³-hybridized carbons (Fsp3) is 0.480. The fourth-order valence-corrected chi connectivity index (χ4v) is 4.91. The van der Waals surface area contributed by atoms with Crippen LogP contribution < -0.4 is 4.74 Å². The third-order valence-corrected chi connectivity index (χ3v) is 6.71. The monoisotopic (exact) mass is 392 g/mol. The van der Waals surface area contributed by atoms with Crippen molar-refractivity contribution < 1.29 is 9.53 Å². The normalized spacial score (nSPS) is 22.8. The Morgan fingerprint density at radius 3 is 2.31 bits per heavy atom. The molecular formula is C25H32N2O2. The highest BCUT2D eigenvalue weighted by molar-refractivity contribution is 5.79. The van der Waals surface area contributed by atoms with Crippen LogP contribution in [-0.4, -0.2) is 41.4 Å². The lowest BCUT2D eigenvalue weighted by atomic mass is 9.87. The fourth-order valence-electron chi connectivity index (χ4n) is 4.91. The van der Waals surface area contributed by atoms with Crippen molar-refractivity contribution in [3.8, 4) is 5.75 Å². The van der Waals surface area contributed by atoms with Crippen molar-refractivity contribution in [2.24, 2.45) is 0 Å². The van der Waals surface area contributed by atoms with Gasteiger partial charge in [0.1, 0.15) is 5.75 Å². The number of likely N-dealkylation sites (tertiary alicyclic amines) is 2. The summed E-state index contributed by atoms with van der Waals surface area (Å²) in [6.45, 7) is 5.96. The first-order chi connectivity index (χ1) is 14.1. The Hall–Kier alpha value is -2.33. The number of rotatable bonds is 5. The van der Waals surface area contributed by atoms with E-state index in [1.165, 1.54) is 16.7 Å². The quantitative estimate of drug-likeness (QED) is 0.748. The van der Waals surface area contributed by atoms with Gasteiger partial charge in [-0.05, 0) is 62.4 Å². The van der Waals surface area contributed by atoms with Crippen LogP contribution in [0.2, 0.25) is 0 Å². The zero-order chi connectivity index (χ0) is 20.3. The number of hydrogen-bond acceptors (Lipinski definition) is 3. The smallest absolute Gasteiger partial charge is 0.223 e. The van der Waals surface area contributed by atoms with E-state index in [1.54, 1.807) is 7.11 Å². The van der Waals surface area contributed by atoms with Gasteiger partial charge in [-0.2, -0.15) is 0 Å². The second-order valence-corrected chi connectivity index (χ2v) is 8.67. The Labute approximate surface area is 174 Å².